The number of nitro benzene ring substituents is 1. The third-order valence-corrected chi connectivity index (χ3v) is 5.36. The number of hydrogen-bond donors (Lipinski definition) is 1. The van der Waals surface area contributed by atoms with Crippen molar-refractivity contribution < 1.29 is 9.72 Å². The van der Waals surface area contributed by atoms with Crippen molar-refractivity contribution in [1.82, 2.24) is 9.88 Å². The summed E-state index contributed by atoms with van der Waals surface area (Å²) in [6.45, 7) is 6.86. The number of likely N-dealkylation sites (tertiary alicyclic amines) is 1. The molecule has 0 radical (unpaired) electrons. The number of anilines is 1. The molecule has 138 valence electrons. The van der Waals surface area contributed by atoms with Crippen LogP contribution in [-0.4, -0.2) is 33.8 Å². The van der Waals surface area contributed by atoms with Crippen molar-refractivity contribution in [2.24, 2.45) is 5.92 Å². The van der Waals surface area contributed by atoms with Crippen LogP contribution in [0.3, 0.4) is 0 Å². The van der Waals surface area contributed by atoms with E-state index in [-0.39, 0.29) is 11.6 Å². The Balaban J connectivity index is 1.62. The first-order valence-electron chi connectivity index (χ1n) is 8.65. The summed E-state index contributed by atoms with van der Waals surface area (Å²) in [4.78, 5) is 29.7. The Labute approximate surface area is 156 Å². The van der Waals surface area contributed by atoms with Crippen LogP contribution < -0.4 is 5.32 Å². The van der Waals surface area contributed by atoms with Gasteiger partial charge in [-0.1, -0.05) is 6.92 Å². The number of carbonyl (C=O) groups excluding carboxylic acids is 1. The molecule has 0 spiro atoms. The maximum absolute atomic E-state index is 12.4. The summed E-state index contributed by atoms with van der Waals surface area (Å²) in [6, 6.07) is 4.34. The van der Waals surface area contributed by atoms with Crippen molar-refractivity contribution in [2.45, 2.75) is 33.2 Å². The molecule has 1 N–H and O–H groups in total. The number of hydrogen-bond acceptors (Lipinski definition) is 6. The van der Waals surface area contributed by atoms with E-state index in [1.54, 1.807) is 6.92 Å². The average molecular weight is 374 g/mol. The number of aryl methyl sites for hydroxylation is 1. The van der Waals surface area contributed by atoms with Crippen LogP contribution in [0.1, 0.15) is 41.4 Å². The highest BCUT2D eigenvalue weighted by Crippen LogP contribution is 2.23. The fourth-order valence-electron chi connectivity index (χ4n) is 3.27. The topological polar surface area (TPSA) is 88.4 Å². The number of rotatable bonds is 5. The van der Waals surface area contributed by atoms with Gasteiger partial charge in [0.1, 0.15) is 0 Å². The molecule has 1 saturated heterocycles. The maximum Gasteiger partial charge on any atom is 0.272 e. The highest BCUT2D eigenvalue weighted by molar-refractivity contribution is 7.13. The zero-order valence-corrected chi connectivity index (χ0v) is 15.7. The van der Waals surface area contributed by atoms with Crippen LogP contribution in [0.5, 0.6) is 0 Å². The Hall–Kier alpha value is -2.32. The van der Waals surface area contributed by atoms with Gasteiger partial charge in [-0.05, 0) is 44.4 Å². The van der Waals surface area contributed by atoms with Gasteiger partial charge in [-0.3, -0.25) is 25.1 Å². The van der Waals surface area contributed by atoms with Gasteiger partial charge in [0, 0.05) is 35.7 Å². The lowest BCUT2D eigenvalue weighted by atomic mass is 10.0. The first-order chi connectivity index (χ1) is 12.4. The molecule has 0 saturated carbocycles. The molecule has 1 aliphatic heterocycles. The van der Waals surface area contributed by atoms with Crippen LogP contribution in [0.4, 0.5) is 10.8 Å². The summed E-state index contributed by atoms with van der Waals surface area (Å²) in [5.74, 6) is 0.405. The minimum absolute atomic E-state index is 0.00819. The molecule has 2 aromatic rings. The number of nitro groups is 1. The fraction of sp³-hybridized carbons (Fsp3) is 0.444. The largest absolute Gasteiger partial charge is 0.298 e. The first-order valence-corrected chi connectivity index (χ1v) is 9.53. The lowest BCUT2D eigenvalue weighted by Gasteiger charge is -2.30. The van der Waals surface area contributed by atoms with E-state index < -0.39 is 4.92 Å². The number of carbonyl (C=O) groups is 1. The second kappa shape index (κ2) is 7.92. The molecule has 1 aromatic carbocycles. The summed E-state index contributed by atoms with van der Waals surface area (Å²) in [7, 11) is 0. The third-order valence-electron chi connectivity index (χ3n) is 4.55. The van der Waals surface area contributed by atoms with E-state index in [1.807, 2.05) is 5.38 Å². The summed E-state index contributed by atoms with van der Waals surface area (Å²) in [5.41, 5.74) is 1.81. The van der Waals surface area contributed by atoms with Crippen LogP contribution >= 0.6 is 11.3 Å². The molecule has 1 amide bonds. The van der Waals surface area contributed by atoms with E-state index in [2.05, 4.69) is 22.1 Å². The van der Waals surface area contributed by atoms with Gasteiger partial charge in [-0.2, -0.15) is 0 Å². The Kier molecular flexibility index (Phi) is 5.63. The highest BCUT2D eigenvalue weighted by Gasteiger charge is 2.18. The normalized spacial score (nSPS) is 17.8. The van der Waals surface area contributed by atoms with Crippen molar-refractivity contribution in [1.29, 1.82) is 0 Å². The molecule has 26 heavy (non-hydrogen) atoms. The van der Waals surface area contributed by atoms with Gasteiger partial charge in [-0.25, -0.2) is 4.98 Å². The molecule has 7 nitrogen and oxygen atoms in total. The molecule has 1 aromatic heterocycles. The van der Waals surface area contributed by atoms with E-state index in [0.717, 1.165) is 25.3 Å². The zero-order chi connectivity index (χ0) is 18.7. The van der Waals surface area contributed by atoms with Crippen LogP contribution in [0.2, 0.25) is 0 Å². The van der Waals surface area contributed by atoms with Crippen LogP contribution in [0.25, 0.3) is 0 Å². The van der Waals surface area contributed by atoms with E-state index >= 15 is 0 Å². The van der Waals surface area contributed by atoms with E-state index in [1.165, 1.54) is 42.4 Å². The van der Waals surface area contributed by atoms with Crippen molar-refractivity contribution in [3.05, 3.63) is 50.5 Å². The maximum atomic E-state index is 12.4. The second-order valence-electron chi connectivity index (χ2n) is 6.84. The van der Waals surface area contributed by atoms with Crippen molar-refractivity contribution in [3.63, 3.8) is 0 Å². The van der Waals surface area contributed by atoms with Crippen molar-refractivity contribution >= 4 is 28.1 Å². The number of nitrogens with zero attached hydrogens (tertiary/aromatic N) is 3. The van der Waals surface area contributed by atoms with Gasteiger partial charge < -0.3 is 0 Å². The number of amides is 1. The number of nitrogens with one attached hydrogen (secondary N) is 1. The van der Waals surface area contributed by atoms with Crippen molar-refractivity contribution in [3.8, 4) is 0 Å². The zero-order valence-electron chi connectivity index (χ0n) is 14.9. The summed E-state index contributed by atoms with van der Waals surface area (Å²) >= 11 is 1.40. The number of thiazole rings is 1. The SMILES string of the molecule is Cc1cc(C(=O)Nc2nc(CN3CCCC(C)C3)cs2)ccc1[N+](=O)[O-]. The van der Waals surface area contributed by atoms with E-state index in [0.29, 0.717) is 22.2 Å². The Bertz CT molecular complexity index is 821. The number of aromatic nitrogens is 1. The number of piperidine rings is 1. The first kappa shape index (κ1) is 18.5. The smallest absolute Gasteiger partial charge is 0.272 e. The van der Waals surface area contributed by atoms with Gasteiger partial charge in [0.2, 0.25) is 0 Å². The second-order valence-corrected chi connectivity index (χ2v) is 7.70. The predicted octanol–water partition coefficient (Wildman–Crippen LogP) is 3.84. The predicted molar refractivity (Wildman–Crippen MR) is 102 cm³/mol. The Morgan fingerprint density at radius 1 is 1.50 bits per heavy atom. The van der Waals surface area contributed by atoms with Gasteiger partial charge in [0.15, 0.2) is 5.13 Å². The minimum atomic E-state index is -0.453. The van der Waals surface area contributed by atoms with Gasteiger partial charge in [0.25, 0.3) is 11.6 Å². The van der Waals surface area contributed by atoms with Gasteiger partial charge >= 0.3 is 0 Å². The lowest BCUT2D eigenvalue weighted by Crippen LogP contribution is -2.33. The molecule has 0 bridgehead atoms. The average Bonchev–Trinajstić information content (AvgIpc) is 3.01. The van der Waals surface area contributed by atoms with E-state index in [4.69, 9.17) is 0 Å². The summed E-state index contributed by atoms with van der Waals surface area (Å²) in [6.07, 6.45) is 2.50. The quantitative estimate of drug-likeness (QED) is 0.634. The molecule has 1 aliphatic rings. The molecule has 1 atom stereocenters. The standard InChI is InChI=1S/C18H22N4O3S/c1-12-4-3-7-21(9-12)10-15-11-26-18(19-15)20-17(23)14-5-6-16(22(24)25)13(2)8-14/h5-6,8,11-12H,3-4,7,9-10H2,1-2H3,(H,19,20,23). The third kappa shape index (κ3) is 4.44. The summed E-state index contributed by atoms with van der Waals surface area (Å²) < 4.78 is 0. The molecule has 8 heteroatoms. The van der Waals surface area contributed by atoms with Gasteiger partial charge in [-0.15, -0.1) is 11.3 Å². The van der Waals surface area contributed by atoms with Gasteiger partial charge in [0.05, 0.1) is 10.6 Å². The number of benzene rings is 1. The monoisotopic (exact) mass is 374 g/mol. The van der Waals surface area contributed by atoms with Crippen LogP contribution in [-0.2, 0) is 6.54 Å². The molecular weight excluding hydrogens is 352 g/mol. The molecule has 0 aliphatic carbocycles. The Morgan fingerprint density at radius 3 is 3.00 bits per heavy atom. The van der Waals surface area contributed by atoms with Crippen molar-refractivity contribution in [2.75, 3.05) is 18.4 Å². The van der Waals surface area contributed by atoms with Crippen LogP contribution in [0, 0.1) is 23.0 Å². The molecule has 1 fully saturated rings. The summed E-state index contributed by atoms with van der Waals surface area (Å²) in [5, 5.41) is 16.2. The van der Waals surface area contributed by atoms with E-state index in [9.17, 15) is 14.9 Å². The minimum Gasteiger partial charge on any atom is -0.298 e. The fourth-order valence-corrected chi connectivity index (χ4v) is 3.96. The highest BCUT2D eigenvalue weighted by atomic mass is 32.1. The molecule has 2 heterocycles. The molecule has 1 unspecified atom stereocenters. The Morgan fingerprint density at radius 2 is 2.31 bits per heavy atom. The lowest BCUT2D eigenvalue weighted by molar-refractivity contribution is -0.385. The molecule has 3 rings (SSSR count). The van der Waals surface area contributed by atoms with Crippen LogP contribution in [0.15, 0.2) is 23.6 Å². The molecular formula is C18H22N4O3S.